The van der Waals surface area contributed by atoms with Crippen molar-refractivity contribution in [3.05, 3.63) is 17.6 Å². The van der Waals surface area contributed by atoms with Crippen molar-refractivity contribution in [2.75, 3.05) is 57.3 Å². The van der Waals surface area contributed by atoms with Gasteiger partial charge in [0.2, 0.25) is 0 Å². The number of likely N-dealkylation sites (tertiary alicyclic amines) is 1. The van der Waals surface area contributed by atoms with Crippen molar-refractivity contribution >= 4 is 5.82 Å². The number of aromatic nitrogens is 2. The highest BCUT2D eigenvalue weighted by molar-refractivity contribution is 5.47. The third-order valence-corrected chi connectivity index (χ3v) is 5.48. The summed E-state index contributed by atoms with van der Waals surface area (Å²) in [6.45, 7) is 18.5. The molecule has 5 nitrogen and oxygen atoms in total. The molecule has 5 heteroatoms. The molecule has 2 aliphatic rings. The zero-order valence-electron chi connectivity index (χ0n) is 15.9. The summed E-state index contributed by atoms with van der Waals surface area (Å²) in [5, 5.41) is 0. The van der Waals surface area contributed by atoms with Crippen LogP contribution < -0.4 is 4.90 Å². The number of rotatable bonds is 5. The lowest BCUT2D eigenvalue weighted by Gasteiger charge is -2.40. The summed E-state index contributed by atoms with van der Waals surface area (Å²) in [6.07, 6.45) is 4.46. The van der Waals surface area contributed by atoms with Gasteiger partial charge >= 0.3 is 0 Å². The number of aryl methyl sites for hydroxylation is 1. The molecule has 0 unspecified atom stereocenters. The van der Waals surface area contributed by atoms with Crippen LogP contribution in [0.15, 0.2) is 6.33 Å². The number of nitrogens with zero attached hydrogens (tertiary/aromatic N) is 5. The summed E-state index contributed by atoms with van der Waals surface area (Å²) in [4.78, 5) is 16.5. The van der Waals surface area contributed by atoms with Crippen molar-refractivity contribution in [3.8, 4) is 0 Å². The Kier molecular flexibility index (Phi) is 5.40. The van der Waals surface area contributed by atoms with Crippen molar-refractivity contribution in [2.45, 2.75) is 40.5 Å². The van der Waals surface area contributed by atoms with E-state index in [1.165, 1.54) is 44.6 Å². The van der Waals surface area contributed by atoms with E-state index in [9.17, 15) is 0 Å². The largest absolute Gasteiger partial charge is 0.354 e. The zero-order valence-corrected chi connectivity index (χ0v) is 15.9. The van der Waals surface area contributed by atoms with Gasteiger partial charge < -0.3 is 9.80 Å². The predicted octanol–water partition coefficient (Wildman–Crippen LogP) is 2.34. The quantitative estimate of drug-likeness (QED) is 0.827. The van der Waals surface area contributed by atoms with Crippen molar-refractivity contribution in [2.24, 2.45) is 5.41 Å². The maximum Gasteiger partial charge on any atom is 0.135 e. The van der Waals surface area contributed by atoms with Gasteiger partial charge in [0.05, 0.1) is 0 Å². The van der Waals surface area contributed by atoms with Crippen LogP contribution in [0.2, 0.25) is 0 Å². The molecule has 0 atom stereocenters. The number of hydrogen-bond acceptors (Lipinski definition) is 5. The van der Waals surface area contributed by atoms with E-state index in [2.05, 4.69) is 52.4 Å². The van der Waals surface area contributed by atoms with E-state index < -0.39 is 0 Å². The van der Waals surface area contributed by atoms with E-state index in [0.717, 1.165) is 37.7 Å². The first kappa shape index (κ1) is 17.6. The van der Waals surface area contributed by atoms with Crippen molar-refractivity contribution in [1.29, 1.82) is 0 Å². The lowest BCUT2D eigenvalue weighted by Crippen LogP contribution is -2.51. The zero-order chi connectivity index (χ0) is 17.2. The van der Waals surface area contributed by atoms with Crippen LogP contribution in [0.1, 0.15) is 37.9 Å². The van der Waals surface area contributed by atoms with Gasteiger partial charge in [-0.05, 0) is 45.2 Å². The van der Waals surface area contributed by atoms with Crippen LogP contribution in [0.5, 0.6) is 0 Å². The number of hydrogen-bond donors (Lipinski definition) is 0. The van der Waals surface area contributed by atoms with Crippen LogP contribution in [-0.2, 0) is 0 Å². The van der Waals surface area contributed by atoms with Crippen LogP contribution >= 0.6 is 0 Å². The minimum Gasteiger partial charge on any atom is -0.354 e. The molecule has 0 N–H and O–H groups in total. The lowest BCUT2D eigenvalue weighted by molar-refractivity contribution is 0.128. The Bertz CT molecular complexity index is 543. The van der Waals surface area contributed by atoms with Gasteiger partial charge in [0.15, 0.2) is 0 Å². The third-order valence-electron chi connectivity index (χ3n) is 5.48. The fraction of sp³-hybridized carbons (Fsp3) is 0.789. The van der Waals surface area contributed by atoms with E-state index >= 15 is 0 Å². The van der Waals surface area contributed by atoms with Gasteiger partial charge in [0.1, 0.15) is 12.1 Å². The van der Waals surface area contributed by atoms with Crippen LogP contribution in [0.4, 0.5) is 5.82 Å². The topological polar surface area (TPSA) is 35.5 Å². The molecule has 24 heavy (non-hydrogen) atoms. The minimum absolute atomic E-state index is 0.369. The highest BCUT2D eigenvalue weighted by Crippen LogP contribution is 2.24. The summed E-state index contributed by atoms with van der Waals surface area (Å²) in [5.41, 5.74) is 2.68. The van der Waals surface area contributed by atoms with E-state index in [1.54, 1.807) is 6.33 Å². The second kappa shape index (κ2) is 7.36. The monoisotopic (exact) mass is 331 g/mol. The maximum absolute atomic E-state index is 4.52. The standard InChI is InChI=1S/C19H33N5/c1-16-17(2)20-15-21-18(16)24-11-9-23(10-12-24)14-19(3,4)13-22-7-5-6-8-22/h15H,5-14H2,1-4H3. The molecule has 2 saturated heterocycles. The summed E-state index contributed by atoms with van der Waals surface area (Å²) < 4.78 is 0. The van der Waals surface area contributed by atoms with Crippen molar-refractivity contribution < 1.29 is 0 Å². The molecule has 0 bridgehead atoms. The molecule has 134 valence electrons. The second-order valence-electron chi connectivity index (χ2n) is 8.32. The molecule has 0 radical (unpaired) electrons. The van der Waals surface area contributed by atoms with E-state index in [0.29, 0.717) is 5.41 Å². The normalized spacial score (nSPS) is 20.8. The smallest absolute Gasteiger partial charge is 0.135 e. The van der Waals surface area contributed by atoms with E-state index in [1.807, 2.05) is 0 Å². The predicted molar refractivity (Wildman–Crippen MR) is 99.6 cm³/mol. The second-order valence-corrected chi connectivity index (χ2v) is 8.32. The SMILES string of the molecule is Cc1ncnc(N2CCN(CC(C)(C)CN3CCCC3)CC2)c1C. The molecule has 0 aromatic carbocycles. The summed E-state index contributed by atoms with van der Waals surface area (Å²) >= 11 is 0. The van der Waals surface area contributed by atoms with Gasteiger partial charge in [0.25, 0.3) is 0 Å². The first-order valence-electron chi connectivity index (χ1n) is 9.42. The molecule has 3 heterocycles. The van der Waals surface area contributed by atoms with Gasteiger partial charge in [-0.15, -0.1) is 0 Å². The molecule has 1 aromatic rings. The minimum atomic E-state index is 0.369. The highest BCUT2D eigenvalue weighted by Gasteiger charge is 2.28. The fourth-order valence-corrected chi connectivity index (χ4v) is 4.16. The highest BCUT2D eigenvalue weighted by atomic mass is 15.3. The molecule has 0 amide bonds. The molecule has 0 saturated carbocycles. The molecule has 2 aliphatic heterocycles. The molecule has 3 rings (SSSR count). The Hall–Kier alpha value is -1.20. The third kappa shape index (κ3) is 4.25. The molecule has 0 spiro atoms. The first-order chi connectivity index (χ1) is 11.4. The Labute approximate surface area is 147 Å². The summed E-state index contributed by atoms with van der Waals surface area (Å²) in [7, 11) is 0. The fourth-order valence-electron chi connectivity index (χ4n) is 4.16. The molecular formula is C19H33N5. The van der Waals surface area contributed by atoms with Gasteiger partial charge in [0, 0.05) is 50.5 Å². The van der Waals surface area contributed by atoms with Crippen molar-refractivity contribution in [1.82, 2.24) is 19.8 Å². The molecular weight excluding hydrogens is 298 g/mol. The Morgan fingerprint density at radius 2 is 1.46 bits per heavy atom. The van der Waals surface area contributed by atoms with Crippen LogP contribution in [-0.4, -0.2) is 72.1 Å². The average molecular weight is 332 g/mol. The van der Waals surface area contributed by atoms with Gasteiger partial charge in [-0.25, -0.2) is 9.97 Å². The van der Waals surface area contributed by atoms with Gasteiger partial charge in [-0.2, -0.15) is 0 Å². The Balaban J connectivity index is 1.52. The Morgan fingerprint density at radius 3 is 2.08 bits per heavy atom. The van der Waals surface area contributed by atoms with E-state index in [-0.39, 0.29) is 0 Å². The molecule has 2 fully saturated rings. The van der Waals surface area contributed by atoms with E-state index in [4.69, 9.17) is 0 Å². The summed E-state index contributed by atoms with van der Waals surface area (Å²) in [5.74, 6) is 1.12. The molecule has 0 aliphatic carbocycles. The number of anilines is 1. The summed E-state index contributed by atoms with van der Waals surface area (Å²) in [6, 6.07) is 0. The number of piperazine rings is 1. The van der Waals surface area contributed by atoms with Crippen molar-refractivity contribution in [3.63, 3.8) is 0 Å². The Morgan fingerprint density at radius 1 is 0.875 bits per heavy atom. The molecule has 1 aromatic heterocycles. The van der Waals surface area contributed by atoms with Crippen LogP contribution in [0, 0.1) is 19.3 Å². The van der Waals surface area contributed by atoms with Gasteiger partial charge in [-0.1, -0.05) is 13.8 Å². The lowest BCUT2D eigenvalue weighted by atomic mass is 9.91. The van der Waals surface area contributed by atoms with Gasteiger partial charge in [-0.3, -0.25) is 4.90 Å². The van der Waals surface area contributed by atoms with Crippen LogP contribution in [0.3, 0.4) is 0 Å². The van der Waals surface area contributed by atoms with Crippen LogP contribution in [0.25, 0.3) is 0 Å². The maximum atomic E-state index is 4.52. The average Bonchev–Trinajstić information content (AvgIpc) is 3.03. The first-order valence-corrected chi connectivity index (χ1v) is 9.42.